The molecule has 1 aromatic heterocycles. The molecule has 4 nitrogen and oxygen atoms in total. The normalized spacial score (nSPS) is 24.9. The van der Waals surface area contributed by atoms with Gasteiger partial charge in [0.1, 0.15) is 6.10 Å². The van der Waals surface area contributed by atoms with E-state index in [1.54, 1.807) is 6.07 Å². The number of rotatable bonds is 6. The number of nitrogens with zero attached hydrogens (tertiary/aromatic N) is 3. The van der Waals surface area contributed by atoms with Gasteiger partial charge in [0.2, 0.25) is 0 Å². The molecule has 0 fully saturated rings. The van der Waals surface area contributed by atoms with E-state index in [9.17, 15) is 0 Å². The molecule has 102 valence electrons. The average molecular weight is 271 g/mol. The summed E-state index contributed by atoms with van der Waals surface area (Å²) in [4.78, 5) is 0.181. The van der Waals surface area contributed by atoms with Crippen LogP contribution in [0.5, 0.6) is 0 Å². The van der Waals surface area contributed by atoms with Crippen LogP contribution in [0.3, 0.4) is 0 Å². The Balaban J connectivity index is 2.67. The molecule has 0 saturated heterocycles. The first-order valence-electron chi connectivity index (χ1n) is 11.4. The van der Waals surface area contributed by atoms with Gasteiger partial charge in [-0.05, 0) is 25.6 Å². The fourth-order valence-corrected chi connectivity index (χ4v) is 1.48. The molecule has 2 rings (SSSR count). The zero-order valence-corrected chi connectivity index (χ0v) is 10.2. The van der Waals surface area contributed by atoms with Crippen molar-refractivity contribution in [2.75, 3.05) is 27.1 Å². The minimum Gasteiger partial charge on any atom is -0.366 e. The van der Waals surface area contributed by atoms with E-state index in [1.165, 1.54) is 24.3 Å². The Kier molecular flexibility index (Phi) is 1.72. The van der Waals surface area contributed by atoms with Crippen LogP contribution in [0, 0.1) is 0 Å². The van der Waals surface area contributed by atoms with Gasteiger partial charge in [0.15, 0.2) is 0 Å². The van der Waals surface area contributed by atoms with Crippen LogP contribution in [0.4, 0.5) is 0 Å². The number of benzene rings is 1. The molecule has 2 aromatic rings. The smallest absolute Gasteiger partial charge is 0.124 e. The summed E-state index contributed by atoms with van der Waals surface area (Å²) in [5.74, 6) is 0. The quantitative estimate of drug-likeness (QED) is 0.806. The first-order valence-corrected chi connectivity index (χ1v) is 5.44. The van der Waals surface area contributed by atoms with Crippen molar-refractivity contribution >= 4 is 0 Å². The number of hydrogen-bond donors (Lipinski definition) is 0. The molecule has 19 heavy (non-hydrogen) atoms. The lowest BCUT2D eigenvalue weighted by molar-refractivity contribution is 0.0638. The van der Waals surface area contributed by atoms with E-state index in [0.717, 1.165) is 7.05 Å². The van der Waals surface area contributed by atoms with Gasteiger partial charge in [0.25, 0.3) is 0 Å². The van der Waals surface area contributed by atoms with Crippen LogP contribution >= 0.6 is 0 Å². The molecule has 0 amide bonds. The summed E-state index contributed by atoms with van der Waals surface area (Å²) in [5.41, 5.74) is -0.343. The molecule has 0 saturated carbocycles. The van der Waals surface area contributed by atoms with Crippen molar-refractivity contribution < 1.29 is 21.2 Å². The van der Waals surface area contributed by atoms with Crippen LogP contribution in [0.1, 0.15) is 33.8 Å². The molecular weight excluding hydrogens is 238 g/mol. The van der Waals surface area contributed by atoms with E-state index in [0.29, 0.717) is 4.68 Å². The van der Waals surface area contributed by atoms with Gasteiger partial charge in [-0.1, -0.05) is 30.3 Å². The summed E-state index contributed by atoms with van der Waals surface area (Å²) in [6.07, 6.45) is -2.38. The topological polar surface area (TPSA) is 30.3 Å². The summed E-state index contributed by atoms with van der Waals surface area (Å²) in [6.45, 7) is -12.4. The summed E-state index contributed by atoms with van der Waals surface area (Å²) in [6, 6.07) is 6.91. The molecule has 1 aromatic carbocycles. The highest BCUT2D eigenvalue weighted by Crippen LogP contribution is 2.25. The standard InChI is InChI=1S/C15H21N3O/c1-17(2)11-12-19-15(13-7-5-4-6-8-13)14-9-10-16-18(14)3/h4-10,15H,11-12H2,1-3H3/i1D3,3D3,9D,10D,11D2,12D2. The summed E-state index contributed by atoms with van der Waals surface area (Å²) in [7, 11) is 0.857. The molecule has 1 heterocycles. The molecule has 0 bridgehead atoms. The molecule has 1 unspecified atom stereocenters. The summed E-state index contributed by atoms with van der Waals surface area (Å²) >= 11 is 0. The average Bonchev–Trinajstić information content (AvgIpc) is 2.94. The lowest BCUT2D eigenvalue weighted by atomic mass is 10.1. The molecule has 1 atom stereocenters. The van der Waals surface area contributed by atoms with Crippen molar-refractivity contribution in [2.24, 2.45) is 6.98 Å². The first kappa shape index (κ1) is 5.04. The van der Waals surface area contributed by atoms with Gasteiger partial charge in [-0.15, -0.1) is 0 Å². The highest BCUT2D eigenvalue weighted by atomic mass is 16.5. The van der Waals surface area contributed by atoms with Crippen molar-refractivity contribution in [1.82, 2.24) is 14.7 Å². The van der Waals surface area contributed by atoms with Gasteiger partial charge >= 0.3 is 0 Å². The number of aryl methyl sites for hydroxylation is 1. The van der Waals surface area contributed by atoms with Gasteiger partial charge < -0.3 is 9.64 Å². The van der Waals surface area contributed by atoms with Crippen LogP contribution in [-0.4, -0.2) is 41.8 Å². The molecule has 4 heteroatoms. The Morgan fingerprint density at radius 3 is 3.11 bits per heavy atom. The zero-order chi connectivity index (χ0) is 24.0. The zero-order valence-electron chi connectivity index (χ0n) is 22.2. The molecule has 0 aliphatic heterocycles. The van der Waals surface area contributed by atoms with Gasteiger partial charge in [-0.25, -0.2) is 0 Å². The van der Waals surface area contributed by atoms with Gasteiger partial charge in [0.05, 0.1) is 17.7 Å². The molecule has 0 radical (unpaired) electrons. The minimum absolute atomic E-state index is 0.151. The van der Waals surface area contributed by atoms with E-state index >= 15 is 0 Å². The van der Waals surface area contributed by atoms with E-state index in [1.807, 2.05) is 0 Å². The largest absolute Gasteiger partial charge is 0.366 e. The maximum atomic E-state index is 8.17. The van der Waals surface area contributed by atoms with E-state index in [4.69, 9.17) is 21.2 Å². The van der Waals surface area contributed by atoms with Crippen LogP contribution in [0.15, 0.2) is 42.5 Å². The third-order valence-corrected chi connectivity index (χ3v) is 2.30. The van der Waals surface area contributed by atoms with Gasteiger partial charge in [-0.3, -0.25) is 4.68 Å². The molecule has 0 N–H and O–H groups in total. The second-order valence-electron chi connectivity index (χ2n) is 3.72. The first-order chi connectivity index (χ1) is 13.9. The summed E-state index contributed by atoms with van der Waals surface area (Å²) < 4.78 is 99.2. The van der Waals surface area contributed by atoms with Crippen molar-refractivity contribution in [3.05, 3.63) is 53.8 Å². The highest BCUT2D eigenvalue weighted by molar-refractivity contribution is 5.25. The molecular formula is C15H21N3O. The Labute approximate surface area is 131 Å². The lowest BCUT2D eigenvalue weighted by Gasteiger charge is -2.20. The second kappa shape index (κ2) is 6.50. The van der Waals surface area contributed by atoms with Gasteiger partial charge in [-0.2, -0.15) is 5.10 Å². The number of aromatic nitrogens is 2. The van der Waals surface area contributed by atoms with Crippen molar-refractivity contribution in [3.63, 3.8) is 0 Å². The van der Waals surface area contributed by atoms with E-state index in [2.05, 4.69) is 5.10 Å². The molecule has 0 spiro atoms. The third kappa shape index (κ3) is 3.66. The van der Waals surface area contributed by atoms with Crippen LogP contribution in [0.2, 0.25) is 0 Å². The highest BCUT2D eigenvalue weighted by Gasteiger charge is 2.17. The molecule has 0 aliphatic rings. The van der Waals surface area contributed by atoms with Crippen LogP contribution < -0.4 is 0 Å². The minimum atomic E-state index is -3.30. The number of likely N-dealkylation sites (N-methyl/N-ethyl adjacent to an activating group) is 1. The molecule has 0 aliphatic carbocycles. The third-order valence-electron chi connectivity index (χ3n) is 2.30. The summed E-state index contributed by atoms with van der Waals surface area (Å²) in [5, 5.41) is 3.53. The monoisotopic (exact) mass is 271 g/mol. The van der Waals surface area contributed by atoms with Crippen LogP contribution in [0.25, 0.3) is 0 Å². The lowest BCUT2D eigenvalue weighted by Crippen LogP contribution is -2.20. The van der Waals surface area contributed by atoms with E-state index in [-0.39, 0.29) is 10.5 Å². The van der Waals surface area contributed by atoms with Crippen LogP contribution in [-0.2, 0) is 11.7 Å². The maximum Gasteiger partial charge on any atom is 0.124 e. The SMILES string of the molecule is [2H]c1nn(C([2H])([2H])[2H])c(C(OC([2H])([2H])C([2H])([2H])N(C)C([2H])([2H])[2H])c2ccccc2)c1[2H]. The Morgan fingerprint density at radius 2 is 2.37 bits per heavy atom. The predicted octanol–water partition coefficient (Wildman–Crippen LogP) is 2.09. The maximum absolute atomic E-state index is 8.17. The fraction of sp³-hybridized carbons (Fsp3) is 0.400. The van der Waals surface area contributed by atoms with Crippen molar-refractivity contribution in [1.29, 1.82) is 0 Å². The van der Waals surface area contributed by atoms with Gasteiger partial charge in [0, 0.05) is 30.6 Å². The number of ether oxygens (including phenoxy) is 1. The van der Waals surface area contributed by atoms with Crippen molar-refractivity contribution in [3.8, 4) is 0 Å². The Bertz CT molecular complexity index is 906. The Hall–Kier alpha value is -1.65. The number of hydrogen-bond acceptors (Lipinski definition) is 3. The second-order valence-corrected chi connectivity index (χ2v) is 3.72. The predicted molar refractivity (Wildman–Crippen MR) is 76.0 cm³/mol. The fourth-order valence-electron chi connectivity index (χ4n) is 1.48. The van der Waals surface area contributed by atoms with Crippen molar-refractivity contribution in [2.45, 2.75) is 6.10 Å². The Morgan fingerprint density at radius 1 is 1.53 bits per heavy atom. The van der Waals surface area contributed by atoms with E-state index < -0.39 is 51.0 Å².